The van der Waals surface area contributed by atoms with Gasteiger partial charge in [-0.15, -0.1) is 0 Å². The third kappa shape index (κ3) is 3.48. The molecule has 6 heteroatoms. The molecule has 0 bridgehead atoms. The molecule has 4 nitrogen and oxygen atoms in total. The number of nitrogens with zero attached hydrogens (tertiary/aromatic N) is 3. The van der Waals surface area contributed by atoms with Crippen molar-refractivity contribution >= 4 is 39.1 Å². The lowest BCUT2D eigenvalue weighted by Gasteiger charge is -2.09. The van der Waals surface area contributed by atoms with Crippen LogP contribution in [-0.4, -0.2) is 21.9 Å². The van der Waals surface area contributed by atoms with Crippen LogP contribution < -0.4 is 4.74 Å². The highest BCUT2D eigenvalue weighted by molar-refractivity contribution is 9.10. The zero-order valence-corrected chi connectivity index (χ0v) is 16.0. The Kier molecular flexibility index (Phi) is 4.73. The van der Waals surface area contributed by atoms with Crippen LogP contribution in [0.4, 0.5) is 4.39 Å². The minimum atomic E-state index is -0.372. The molecule has 0 fully saturated rings. The van der Waals surface area contributed by atoms with Crippen molar-refractivity contribution in [1.82, 2.24) is 14.8 Å². The first kappa shape index (κ1) is 17.4. The lowest BCUT2D eigenvalue weighted by molar-refractivity contribution is 0.413. The van der Waals surface area contributed by atoms with Crippen molar-refractivity contribution < 1.29 is 9.13 Å². The van der Waals surface area contributed by atoms with E-state index in [9.17, 15) is 4.39 Å². The topological polar surface area (TPSA) is 39.9 Å². The Morgan fingerprint density at radius 3 is 2.70 bits per heavy atom. The lowest BCUT2D eigenvalue weighted by Crippen LogP contribution is -1.94. The van der Waals surface area contributed by atoms with Crippen molar-refractivity contribution in [3.8, 4) is 17.0 Å². The molecule has 0 saturated carbocycles. The molecule has 27 heavy (non-hydrogen) atoms. The molecule has 0 aliphatic heterocycles. The molecule has 0 radical (unpaired) electrons. The molecule has 0 spiro atoms. The van der Waals surface area contributed by atoms with Gasteiger partial charge in [0.2, 0.25) is 0 Å². The Bertz CT molecular complexity index is 1140. The van der Waals surface area contributed by atoms with Gasteiger partial charge in [0.05, 0.1) is 36.3 Å². The van der Waals surface area contributed by atoms with Crippen LogP contribution in [0, 0.1) is 5.82 Å². The van der Waals surface area contributed by atoms with E-state index in [0.29, 0.717) is 17.0 Å². The van der Waals surface area contributed by atoms with E-state index in [-0.39, 0.29) is 5.82 Å². The van der Waals surface area contributed by atoms with Crippen LogP contribution in [0.3, 0.4) is 0 Å². The second-order valence-electron chi connectivity index (χ2n) is 5.90. The van der Waals surface area contributed by atoms with Gasteiger partial charge < -0.3 is 4.74 Å². The van der Waals surface area contributed by atoms with Crippen molar-refractivity contribution in [2.45, 2.75) is 0 Å². The second kappa shape index (κ2) is 7.32. The highest BCUT2D eigenvalue weighted by Crippen LogP contribution is 2.32. The molecule has 0 unspecified atom stereocenters. The van der Waals surface area contributed by atoms with Crippen LogP contribution >= 0.6 is 15.9 Å². The maximum Gasteiger partial charge on any atom is 0.136 e. The molecule has 134 valence electrons. The smallest absolute Gasteiger partial charge is 0.136 e. The van der Waals surface area contributed by atoms with Crippen LogP contribution in [0.1, 0.15) is 5.56 Å². The number of halogens is 2. The second-order valence-corrected chi connectivity index (χ2v) is 6.82. The standard InChI is InChI=1S/C21H15BrFN3O/c1-27-20-4-2-3-17(23)21(20)18-11-15-12-25-26(19(15)13-24-18)10-9-14-5-7-16(22)8-6-14/h2-13H,1H3. The molecule has 4 rings (SSSR count). The van der Waals surface area contributed by atoms with Gasteiger partial charge in [0.25, 0.3) is 0 Å². The van der Waals surface area contributed by atoms with E-state index >= 15 is 0 Å². The molecular weight excluding hydrogens is 409 g/mol. The van der Waals surface area contributed by atoms with Gasteiger partial charge in [0.1, 0.15) is 11.6 Å². The Morgan fingerprint density at radius 2 is 1.93 bits per heavy atom. The van der Waals surface area contributed by atoms with Gasteiger partial charge in [0, 0.05) is 16.1 Å². The fourth-order valence-corrected chi connectivity index (χ4v) is 3.12. The highest BCUT2D eigenvalue weighted by atomic mass is 79.9. The number of fused-ring (bicyclic) bond motifs is 1. The Balaban J connectivity index is 1.71. The van der Waals surface area contributed by atoms with Gasteiger partial charge in [-0.1, -0.05) is 34.1 Å². The van der Waals surface area contributed by atoms with E-state index in [1.807, 2.05) is 42.6 Å². The van der Waals surface area contributed by atoms with Crippen LogP contribution in [-0.2, 0) is 0 Å². The summed E-state index contributed by atoms with van der Waals surface area (Å²) in [6.45, 7) is 0. The summed E-state index contributed by atoms with van der Waals surface area (Å²) in [5, 5.41) is 5.25. The fraction of sp³-hybridized carbons (Fsp3) is 0.0476. The third-order valence-electron chi connectivity index (χ3n) is 4.21. The van der Waals surface area contributed by atoms with Gasteiger partial charge in [-0.3, -0.25) is 4.98 Å². The largest absolute Gasteiger partial charge is 0.496 e. The predicted molar refractivity (Wildman–Crippen MR) is 109 cm³/mol. The Morgan fingerprint density at radius 1 is 1.11 bits per heavy atom. The third-order valence-corrected chi connectivity index (χ3v) is 4.74. The molecular formula is C21H15BrFN3O. The quantitative estimate of drug-likeness (QED) is 0.426. The van der Waals surface area contributed by atoms with Crippen LogP contribution in [0.15, 0.2) is 65.4 Å². The highest BCUT2D eigenvalue weighted by Gasteiger charge is 2.14. The molecule has 0 saturated heterocycles. The zero-order valence-electron chi connectivity index (χ0n) is 14.4. The van der Waals surface area contributed by atoms with E-state index in [0.717, 1.165) is 20.9 Å². The summed E-state index contributed by atoms with van der Waals surface area (Å²) < 4.78 is 22.4. The number of pyridine rings is 1. The van der Waals surface area contributed by atoms with Crippen LogP contribution in [0.5, 0.6) is 5.75 Å². The summed E-state index contributed by atoms with van der Waals surface area (Å²) in [6.07, 6.45) is 7.26. The van der Waals surface area contributed by atoms with Crippen LogP contribution in [0.25, 0.3) is 34.4 Å². The summed E-state index contributed by atoms with van der Waals surface area (Å²) in [7, 11) is 1.52. The van der Waals surface area contributed by atoms with Gasteiger partial charge in [0.15, 0.2) is 0 Å². The summed E-state index contributed by atoms with van der Waals surface area (Å²) in [6, 6.07) is 14.5. The SMILES string of the molecule is COc1cccc(F)c1-c1cc2cnn(C=Cc3ccc(Br)cc3)c2cn1. The molecule has 2 aromatic carbocycles. The van der Waals surface area contributed by atoms with Gasteiger partial charge >= 0.3 is 0 Å². The summed E-state index contributed by atoms with van der Waals surface area (Å²) in [4.78, 5) is 4.43. The summed E-state index contributed by atoms with van der Waals surface area (Å²) >= 11 is 3.42. The normalized spacial score (nSPS) is 11.4. The number of methoxy groups -OCH3 is 1. The van der Waals surface area contributed by atoms with Crippen molar-refractivity contribution in [3.05, 3.63) is 76.8 Å². The van der Waals surface area contributed by atoms with Crippen molar-refractivity contribution in [1.29, 1.82) is 0 Å². The van der Waals surface area contributed by atoms with Crippen molar-refractivity contribution in [3.63, 3.8) is 0 Å². The summed E-state index contributed by atoms with van der Waals surface area (Å²) in [5.74, 6) is 0.0769. The Hall–Kier alpha value is -2.99. The van der Waals surface area contributed by atoms with Gasteiger partial charge in [-0.2, -0.15) is 5.10 Å². The Labute approximate surface area is 164 Å². The molecule has 4 aromatic rings. The minimum absolute atomic E-state index is 0.347. The van der Waals surface area contributed by atoms with E-state index < -0.39 is 0 Å². The molecule has 0 aliphatic rings. The molecule has 0 N–H and O–H groups in total. The first-order valence-corrected chi connectivity index (χ1v) is 9.05. The molecule has 0 amide bonds. The van der Waals surface area contributed by atoms with E-state index in [1.165, 1.54) is 13.2 Å². The monoisotopic (exact) mass is 423 g/mol. The number of hydrogen-bond donors (Lipinski definition) is 0. The predicted octanol–water partition coefficient (Wildman–Crippen LogP) is 5.64. The average Bonchev–Trinajstić information content (AvgIpc) is 3.09. The van der Waals surface area contributed by atoms with E-state index in [2.05, 4.69) is 26.0 Å². The van der Waals surface area contributed by atoms with E-state index in [4.69, 9.17) is 4.74 Å². The molecule has 2 heterocycles. The van der Waals surface area contributed by atoms with Gasteiger partial charge in [-0.25, -0.2) is 9.07 Å². The fourth-order valence-electron chi connectivity index (χ4n) is 2.85. The lowest BCUT2D eigenvalue weighted by atomic mass is 10.1. The minimum Gasteiger partial charge on any atom is -0.496 e. The maximum atomic E-state index is 14.3. The average molecular weight is 424 g/mol. The van der Waals surface area contributed by atoms with Crippen LogP contribution in [0.2, 0.25) is 0 Å². The van der Waals surface area contributed by atoms with Gasteiger partial charge in [-0.05, 0) is 42.0 Å². The maximum absolute atomic E-state index is 14.3. The summed E-state index contributed by atoms with van der Waals surface area (Å²) in [5.41, 5.74) is 2.75. The first-order chi connectivity index (χ1) is 13.2. The molecule has 0 aliphatic carbocycles. The molecule has 2 aromatic heterocycles. The zero-order chi connectivity index (χ0) is 18.8. The number of ether oxygens (including phenoxy) is 1. The van der Waals surface area contributed by atoms with E-state index in [1.54, 1.807) is 29.2 Å². The van der Waals surface area contributed by atoms with Crippen molar-refractivity contribution in [2.24, 2.45) is 0 Å². The number of aromatic nitrogens is 3. The van der Waals surface area contributed by atoms with Crippen molar-refractivity contribution in [2.75, 3.05) is 7.11 Å². The number of benzene rings is 2. The molecule has 0 atom stereocenters. The number of hydrogen-bond acceptors (Lipinski definition) is 3. The first-order valence-electron chi connectivity index (χ1n) is 8.25. The number of rotatable bonds is 4.